The number of aromatic nitrogens is 3. The van der Waals surface area contributed by atoms with Crippen molar-refractivity contribution in [1.82, 2.24) is 20.1 Å². The summed E-state index contributed by atoms with van der Waals surface area (Å²) in [5, 5.41) is 9.75. The standard InChI is InChI=1S/C23H23N5O4/c29-21(28-14-12-19(26-28)17-6-2-1-3-7-17)10-11-22(30)31-15-5-9-20-25-23(27-32-20)18-8-4-13-24-16-18/h1-4,6-8,13,16H,5,9-12,14-15H2. The van der Waals surface area contributed by atoms with Crippen LogP contribution in [0.4, 0.5) is 0 Å². The fraction of sp³-hybridized carbons (Fsp3) is 0.304. The van der Waals surface area contributed by atoms with E-state index in [1.54, 1.807) is 18.5 Å². The van der Waals surface area contributed by atoms with E-state index >= 15 is 0 Å². The molecule has 9 nitrogen and oxygen atoms in total. The quantitative estimate of drug-likeness (QED) is 0.377. The van der Waals surface area contributed by atoms with Crippen LogP contribution in [0, 0.1) is 0 Å². The summed E-state index contributed by atoms with van der Waals surface area (Å²) < 4.78 is 10.4. The Bertz CT molecular complexity index is 1080. The molecule has 0 aliphatic carbocycles. The average Bonchev–Trinajstić information content (AvgIpc) is 3.52. The zero-order valence-corrected chi connectivity index (χ0v) is 17.5. The largest absolute Gasteiger partial charge is 0.466 e. The van der Waals surface area contributed by atoms with Crippen LogP contribution in [0.2, 0.25) is 0 Å². The highest BCUT2D eigenvalue weighted by atomic mass is 16.5. The number of esters is 1. The van der Waals surface area contributed by atoms with Crippen LogP contribution >= 0.6 is 0 Å². The molecule has 1 aliphatic rings. The van der Waals surface area contributed by atoms with Crippen molar-refractivity contribution in [3.8, 4) is 11.4 Å². The van der Waals surface area contributed by atoms with Gasteiger partial charge >= 0.3 is 5.97 Å². The molecule has 0 fully saturated rings. The van der Waals surface area contributed by atoms with Crippen molar-refractivity contribution in [1.29, 1.82) is 0 Å². The van der Waals surface area contributed by atoms with Crippen LogP contribution in [0.3, 0.4) is 0 Å². The number of hydrogen-bond donors (Lipinski definition) is 0. The van der Waals surface area contributed by atoms with E-state index < -0.39 is 5.97 Å². The Morgan fingerprint density at radius 3 is 2.72 bits per heavy atom. The molecule has 2 aromatic heterocycles. The van der Waals surface area contributed by atoms with E-state index in [1.165, 1.54) is 5.01 Å². The molecule has 0 saturated carbocycles. The summed E-state index contributed by atoms with van der Waals surface area (Å²) >= 11 is 0. The van der Waals surface area contributed by atoms with Crippen LogP contribution in [0.15, 0.2) is 64.5 Å². The molecule has 3 aromatic rings. The van der Waals surface area contributed by atoms with E-state index in [-0.39, 0.29) is 25.4 Å². The Kier molecular flexibility index (Phi) is 6.96. The van der Waals surface area contributed by atoms with Gasteiger partial charge in [0, 0.05) is 37.2 Å². The van der Waals surface area contributed by atoms with E-state index in [9.17, 15) is 9.59 Å². The zero-order chi connectivity index (χ0) is 22.2. The lowest BCUT2D eigenvalue weighted by Crippen LogP contribution is -2.24. The van der Waals surface area contributed by atoms with Crippen molar-refractivity contribution >= 4 is 17.6 Å². The summed E-state index contributed by atoms with van der Waals surface area (Å²) in [5.74, 6) is 0.354. The molecule has 0 atom stereocenters. The lowest BCUT2D eigenvalue weighted by Gasteiger charge is -2.11. The lowest BCUT2D eigenvalue weighted by molar-refractivity contribution is -0.146. The highest BCUT2D eigenvalue weighted by molar-refractivity contribution is 6.02. The van der Waals surface area contributed by atoms with Gasteiger partial charge in [-0.2, -0.15) is 10.1 Å². The second-order valence-corrected chi connectivity index (χ2v) is 7.26. The molecule has 0 spiro atoms. The molecule has 4 rings (SSSR count). The first kappa shape index (κ1) is 21.4. The summed E-state index contributed by atoms with van der Waals surface area (Å²) in [6.07, 6.45) is 5.17. The van der Waals surface area contributed by atoms with Gasteiger partial charge in [-0.25, -0.2) is 5.01 Å². The summed E-state index contributed by atoms with van der Waals surface area (Å²) in [4.78, 5) is 32.6. The Morgan fingerprint density at radius 2 is 1.91 bits per heavy atom. The fourth-order valence-corrected chi connectivity index (χ4v) is 3.26. The zero-order valence-electron chi connectivity index (χ0n) is 17.5. The van der Waals surface area contributed by atoms with Crippen LogP contribution in [0.25, 0.3) is 11.4 Å². The van der Waals surface area contributed by atoms with Gasteiger partial charge in [-0.15, -0.1) is 0 Å². The molecule has 0 unspecified atom stereocenters. The predicted molar refractivity (Wildman–Crippen MR) is 115 cm³/mol. The monoisotopic (exact) mass is 433 g/mol. The third kappa shape index (κ3) is 5.63. The smallest absolute Gasteiger partial charge is 0.306 e. The van der Waals surface area contributed by atoms with Crippen LogP contribution in [-0.4, -0.2) is 50.9 Å². The van der Waals surface area contributed by atoms with Crippen molar-refractivity contribution in [2.75, 3.05) is 13.2 Å². The van der Waals surface area contributed by atoms with E-state index in [0.717, 1.165) is 16.8 Å². The maximum Gasteiger partial charge on any atom is 0.306 e. The van der Waals surface area contributed by atoms with Crippen molar-refractivity contribution in [2.24, 2.45) is 5.10 Å². The van der Waals surface area contributed by atoms with Crippen LogP contribution in [0.5, 0.6) is 0 Å². The average molecular weight is 433 g/mol. The summed E-state index contributed by atoms with van der Waals surface area (Å²) in [6.45, 7) is 0.751. The normalized spacial score (nSPS) is 13.1. The maximum absolute atomic E-state index is 12.3. The van der Waals surface area contributed by atoms with E-state index in [2.05, 4.69) is 20.2 Å². The minimum Gasteiger partial charge on any atom is -0.466 e. The number of amides is 1. The van der Waals surface area contributed by atoms with Crippen molar-refractivity contribution < 1.29 is 18.8 Å². The van der Waals surface area contributed by atoms with Gasteiger partial charge in [0.2, 0.25) is 17.6 Å². The molecule has 0 bridgehead atoms. The van der Waals surface area contributed by atoms with Gasteiger partial charge in [0.05, 0.1) is 25.3 Å². The second kappa shape index (κ2) is 10.4. The van der Waals surface area contributed by atoms with Crippen LogP contribution in [0.1, 0.15) is 37.1 Å². The second-order valence-electron chi connectivity index (χ2n) is 7.26. The molecule has 0 radical (unpaired) electrons. The Labute approximate surface area is 185 Å². The maximum atomic E-state index is 12.3. The Balaban J connectivity index is 1.14. The summed E-state index contributed by atoms with van der Waals surface area (Å²) in [6, 6.07) is 13.4. The van der Waals surface area contributed by atoms with E-state index in [0.29, 0.717) is 37.5 Å². The van der Waals surface area contributed by atoms with Gasteiger partial charge in [-0.05, 0) is 24.1 Å². The van der Waals surface area contributed by atoms with Crippen LogP contribution < -0.4 is 0 Å². The van der Waals surface area contributed by atoms with Gasteiger partial charge in [-0.1, -0.05) is 35.5 Å². The molecule has 9 heteroatoms. The molecule has 3 heterocycles. The molecule has 1 amide bonds. The number of rotatable bonds is 9. The third-order valence-corrected chi connectivity index (χ3v) is 4.93. The molecule has 0 N–H and O–H groups in total. The number of aryl methyl sites for hydroxylation is 1. The topological polar surface area (TPSA) is 111 Å². The van der Waals surface area contributed by atoms with Gasteiger partial charge in [-0.3, -0.25) is 14.6 Å². The summed E-state index contributed by atoms with van der Waals surface area (Å²) in [7, 11) is 0. The van der Waals surface area contributed by atoms with Gasteiger partial charge in [0.25, 0.3) is 0 Å². The van der Waals surface area contributed by atoms with E-state index in [4.69, 9.17) is 9.26 Å². The first-order valence-electron chi connectivity index (χ1n) is 10.5. The fourth-order valence-electron chi connectivity index (χ4n) is 3.26. The van der Waals surface area contributed by atoms with E-state index in [1.807, 2.05) is 36.4 Å². The molecule has 32 heavy (non-hydrogen) atoms. The van der Waals surface area contributed by atoms with Gasteiger partial charge in [0.15, 0.2) is 0 Å². The van der Waals surface area contributed by atoms with Gasteiger partial charge in [0.1, 0.15) is 0 Å². The van der Waals surface area contributed by atoms with Gasteiger partial charge < -0.3 is 9.26 Å². The molecule has 1 aromatic carbocycles. The number of nitrogens with zero attached hydrogens (tertiary/aromatic N) is 5. The van der Waals surface area contributed by atoms with Crippen molar-refractivity contribution in [3.63, 3.8) is 0 Å². The minimum atomic E-state index is -0.411. The first-order valence-corrected chi connectivity index (χ1v) is 10.5. The highest BCUT2D eigenvalue weighted by Crippen LogP contribution is 2.16. The number of ether oxygens (including phenoxy) is 1. The Hall–Kier alpha value is -3.88. The molecule has 164 valence electrons. The number of pyridine rings is 1. The SMILES string of the molecule is O=C(CCC(=O)N1CCC(c2ccccc2)=N1)OCCCc1nc(-c2cccnc2)no1. The molecular weight excluding hydrogens is 410 g/mol. The number of hydrazone groups is 1. The lowest BCUT2D eigenvalue weighted by atomic mass is 10.1. The minimum absolute atomic E-state index is 0.0250. The molecular formula is C23H23N5O4. The molecule has 1 aliphatic heterocycles. The number of carbonyl (C=O) groups is 2. The van der Waals surface area contributed by atoms with Crippen molar-refractivity contribution in [2.45, 2.75) is 32.1 Å². The summed E-state index contributed by atoms with van der Waals surface area (Å²) in [5.41, 5.74) is 2.67. The third-order valence-electron chi connectivity index (χ3n) is 4.93. The first-order chi connectivity index (χ1) is 15.7. The number of carbonyl (C=O) groups excluding carboxylic acids is 2. The highest BCUT2D eigenvalue weighted by Gasteiger charge is 2.22. The predicted octanol–water partition coefficient (Wildman–Crippen LogP) is 3.02. The number of hydrogen-bond acceptors (Lipinski definition) is 8. The number of benzene rings is 1. The molecule has 0 saturated heterocycles. The van der Waals surface area contributed by atoms with Crippen molar-refractivity contribution in [3.05, 3.63) is 66.3 Å². The van der Waals surface area contributed by atoms with Crippen LogP contribution in [-0.2, 0) is 20.7 Å². The Morgan fingerprint density at radius 1 is 1.06 bits per heavy atom.